The Labute approximate surface area is 140 Å². The summed E-state index contributed by atoms with van der Waals surface area (Å²) in [6.07, 6.45) is 7.62. The van der Waals surface area contributed by atoms with E-state index in [1.54, 1.807) is 24.9 Å². The van der Waals surface area contributed by atoms with Crippen LogP contribution in [-0.2, 0) is 13.0 Å². The molecule has 5 heteroatoms. The zero-order valence-electron chi connectivity index (χ0n) is 13.2. The molecule has 0 aliphatic carbocycles. The van der Waals surface area contributed by atoms with Crippen molar-refractivity contribution in [2.24, 2.45) is 0 Å². The van der Waals surface area contributed by atoms with Gasteiger partial charge in [-0.15, -0.1) is 0 Å². The molecule has 0 saturated heterocycles. The second-order valence-corrected chi connectivity index (χ2v) is 5.44. The van der Waals surface area contributed by atoms with Crippen LogP contribution in [0.5, 0.6) is 0 Å². The normalized spacial score (nSPS) is 10.3. The van der Waals surface area contributed by atoms with Gasteiger partial charge in [0.2, 0.25) is 0 Å². The summed E-state index contributed by atoms with van der Waals surface area (Å²) in [4.78, 5) is 16.1. The highest BCUT2D eigenvalue weighted by Gasteiger charge is 2.04. The molecule has 0 radical (unpaired) electrons. The number of urea groups is 1. The monoisotopic (exact) mass is 321 g/mol. The maximum atomic E-state index is 11.9. The van der Waals surface area contributed by atoms with Gasteiger partial charge >= 0.3 is 6.03 Å². The highest BCUT2D eigenvalue weighted by atomic mass is 16.3. The lowest BCUT2D eigenvalue weighted by atomic mass is 10.1. The molecular weight excluding hydrogens is 302 g/mol. The van der Waals surface area contributed by atoms with E-state index in [1.807, 2.05) is 42.5 Å². The molecule has 2 N–H and O–H groups in total. The Hall–Kier alpha value is -3.08. The molecule has 3 rings (SSSR count). The van der Waals surface area contributed by atoms with Crippen LogP contribution in [0.3, 0.4) is 0 Å². The lowest BCUT2D eigenvalue weighted by Gasteiger charge is -2.08. The Bertz CT molecular complexity index is 770. The summed E-state index contributed by atoms with van der Waals surface area (Å²) < 4.78 is 5.08. The molecule has 122 valence electrons. The third kappa shape index (κ3) is 4.46. The first-order valence-corrected chi connectivity index (χ1v) is 7.83. The SMILES string of the molecule is O=C(NCCc1ccccc1)NCc1cncc(-c2ccoc2)c1. The third-order valence-electron chi connectivity index (χ3n) is 3.64. The minimum atomic E-state index is -0.181. The van der Waals surface area contributed by atoms with Crippen molar-refractivity contribution in [2.45, 2.75) is 13.0 Å². The minimum absolute atomic E-state index is 0.181. The lowest BCUT2D eigenvalue weighted by molar-refractivity contribution is 0.240. The van der Waals surface area contributed by atoms with Crippen LogP contribution >= 0.6 is 0 Å². The van der Waals surface area contributed by atoms with Gasteiger partial charge in [-0.1, -0.05) is 30.3 Å². The van der Waals surface area contributed by atoms with Crippen LogP contribution in [0.25, 0.3) is 11.1 Å². The van der Waals surface area contributed by atoms with Crippen molar-refractivity contribution in [3.8, 4) is 11.1 Å². The van der Waals surface area contributed by atoms with Gasteiger partial charge in [-0.3, -0.25) is 4.98 Å². The largest absolute Gasteiger partial charge is 0.472 e. The van der Waals surface area contributed by atoms with E-state index in [0.717, 1.165) is 23.1 Å². The van der Waals surface area contributed by atoms with Crippen LogP contribution in [0.1, 0.15) is 11.1 Å². The predicted octanol–water partition coefficient (Wildman–Crippen LogP) is 3.38. The van der Waals surface area contributed by atoms with Gasteiger partial charge in [-0.2, -0.15) is 0 Å². The molecule has 0 atom stereocenters. The van der Waals surface area contributed by atoms with Crippen LogP contribution < -0.4 is 10.6 Å². The third-order valence-corrected chi connectivity index (χ3v) is 3.64. The number of carbonyl (C=O) groups is 1. The molecule has 0 spiro atoms. The fraction of sp³-hybridized carbons (Fsp3) is 0.158. The fourth-order valence-electron chi connectivity index (χ4n) is 2.38. The van der Waals surface area contributed by atoms with E-state index < -0.39 is 0 Å². The van der Waals surface area contributed by atoms with Gasteiger partial charge in [0.15, 0.2) is 0 Å². The van der Waals surface area contributed by atoms with E-state index in [2.05, 4.69) is 15.6 Å². The zero-order valence-corrected chi connectivity index (χ0v) is 13.2. The summed E-state index contributed by atoms with van der Waals surface area (Å²) in [6.45, 7) is 1.03. The van der Waals surface area contributed by atoms with Crippen LogP contribution in [0.15, 0.2) is 71.8 Å². The van der Waals surface area contributed by atoms with Crippen molar-refractivity contribution in [1.29, 1.82) is 0 Å². The molecule has 0 unspecified atom stereocenters. The highest BCUT2D eigenvalue weighted by Crippen LogP contribution is 2.19. The minimum Gasteiger partial charge on any atom is -0.472 e. The van der Waals surface area contributed by atoms with Gasteiger partial charge in [-0.05, 0) is 29.7 Å². The van der Waals surface area contributed by atoms with Crippen molar-refractivity contribution in [3.05, 3.63) is 78.5 Å². The summed E-state index contributed by atoms with van der Waals surface area (Å²) in [5.74, 6) is 0. The van der Waals surface area contributed by atoms with Crippen LogP contribution in [0, 0.1) is 0 Å². The molecular formula is C19H19N3O2. The molecule has 0 fully saturated rings. The molecule has 0 saturated carbocycles. The van der Waals surface area contributed by atoms with Crippen molar-refractivity contribution in [1.82, 2.24) is 15.6 Å². The van der Waals surface area contributed by atoms with Crippen molar-refractivity contribution in [2.75, 3.05) is 6.54 Å². The topological polar surface area (TPSA) is 67.2 Å². The second-order valence-electron chi connectivity index (χ2n) is 5.44. The van der Waals surface area contributed by atoms with E-state index in [-0.39, 0.29) is 6.03 Å². The quantitative estimate of drug-likeness (QED) is 0.731. The first kappa shape index (κ1) is 15.8. The highest BCUT2D eigenvalue weighted by molar-refractivity contribution is 5.73. The van der Waals surface area contributed by atoms with Gasteiger partial charge < -0.3 is 15.1 Å². The van der Waals surface area contributed by atoms with Crippen molar-refractivity contribution >= 4 is 6.03 Å². The number of hydrogen-bond acceptors (Lipinski definition) is 3. The van der Waals surface area contributed by atoms with Gasteiger partial charge in [-0.25, -0.2) is 4.79 Å². The van der Waals surface area contributed by atoms with Crippen LogP contribution in [0.4, 0.5) is 4.79 Å². The van der Waals surface area contributed by atoms with E-state index in [0.29, 0.717) is 13.1 Å². The Morgan fingerprint density at radius 3 is 2.67 bits per heavy atom. The summed E-state index contributed by atoms with van der Waals surface area (Å²) in [5.41, 5.74) is 4.07. The van der Waals surface area contributed by atoms with Gasteiger partial charge in [0, 0.05) is 36.6 Å². The van der Waals surface area contributed by atoms with Gasteiger partial charge in [0.05, 0.1) is 12.5 Å². The van der Waals surface area contributed by atoms with Gasteiger partial charge in [0.1, 0.15) is 0 Å². The van der Waals surface area contributed by atoms with E-state index in [9.17, 15) is 4.79 Å². The van der Waals surface area contributed by atoms with E-state index in [1.165, 1.54) is 5.56 Å². The Balaban J connectivity index is 1.45. The Morgan fingerprint density at radius 1 is 1.00 bits per heavy atom. The smallest absolute Gasteiger partial charge is 0.315 e. The van der Waals surface area contributed by atoms with Crippen molar-refractivity contribution in [3.63, 3.8) is 0 Å². The number of furan rings is 1. The number of hydrogen-bond donors (Lipinski definition) is 2. The summed E-state index contributed by atoms with van der Waals surface area (Å²) >= 11 is 0. The summed E-state index contributed by atoms with van der Waals surface area (Å²) in [6, 6.07) is 13.8. The van der Waals surface area contributed by atoms with E-state index in [4.69, 9.17) is 4.42 Å². The van der Waals surface area contributed by atoms with Crippen LogP contribution in [-0.4, -0.2) is 17.6 Å². The molecule has 2 aromatic heterocycles. The number of amides is 2. The second kappa shape index (κ2) is 7.97. The number of nitrogens with zero attached hydrogens (tertiary/aromatic N) is 1. The number of pyridine rings is 1. The molecule has 3 aromatic rings. The summed E-state index contributed by atoms with van der Waals surface area (Å²) in [5, 5.41) is 5.70. The van der Waals surface area contributed by atoms with Crippen LogP contribution in [0.2, 0.25) is 0 Å². The molecule has 0 aliphatic rings. The average Bonchev–Trinajstić information content (AvgIpc) is 3.16. The first-order valence-electron chi connectivity index (χ1n) is 7.83. The zero-order chi connectivity index (χ0) is 16.6. The number of benzene rings is 1. The molecule has 5 nitrogen and oxygen atoms in total. The molecule has 24 heavy (non-hydrogen) atoms. The first-order chi connectivity index (χ1) is 11.8. The Kier molecular flexibility index (Phi) is 5.24. The molecule has 0 aliphatic heterocycles. The number of rotatable bonds is 6. The standard InChI is InChI=1S/C19H19N3O2/c23-19(21-8-6-15-4-2-1-3-5-15)22-12-16-10-18(13-20-11-16)17-7-9-24-14-17/h1-5,7,9-11,13-14H,6,8,12H2,(H2,21,22,23). The number of aromatic nitrogens is 1. The fourth-order valence-corrected chi connectivity index (χ4v) is 2.38. The van der Waals surface area contributed by atoms with Gasteiger partial charge in [0.25, 0.3) is 0 Å². The predicted molar refractivity (Wildman–Crippen MR) is 92.3 cm³/mol. The average molecular weight is 321 g/mol. The van der Waals surface area contributed by atoms with E-state index >= 15 is 0 Å². The molecule has 2 heterocycles. The van der Waals surface area contributed by atoms with Crippen molar-refractivity contribution < 1.29 is 9.21 Å². The molecule has 2 amide bonds. The maximum absolute atomic E-state index is 11.9. The maximum Gasteiger partial charge on any atom is 0.315 e. The lowest BCUT2D eigenvalue weighted by Crippen LogP contribution is -2.36. The summed E-state index contributed by atoms with van der Waals surface area (Å²) in [7, 11) is 0. The molecule has 0 bridgehead atoms. The molecule has 1 aromatic carbocycles. The Morgan fingerprint density at radius 2 is 1.88 bits per heavy atom. The number of carbonyl (C=O) groups excluding carboxylic acids is 1. The number of nitrogens with one attached hydrogen (secondary N) is 2.